The summed E-state index contributed by atoms with van der Waals surface area (Å²) in [6, 6.07) is 9.08. The molecule has 1 aromatic carbocycles. The third kappa shape index (κ3) is 5.79. The molecule has 1 saturated carbocycles. The lowest BCUT2D eigenvalue weighted by molar-refractivity contribution is 0.0933. The number of rotatable bonds is 5. The number of amides is 2. The van der Waals surface area contributed by atoms with Crippen molar-refractivity contribution in [1.29, 1.82) is 0 Å². The van der Waals surface area contributed by atoms with Crippen LogP contribution in [0.5, 0.6) is 0 Å². The molecule has 0 bridgehead atoms. The predicted octanol–water partition coefficient (Wildman–Crippen LogP) is 4.12. The third-order valence-corrected chi connectivity index (χ3v) is 5.07. The van der Waals surface area contributed by atoms with Gasteiger partial charge in [0, 0.05) is 30.0 Å². The van der Waals surface area contributed by atoms with E-state index in [1.165, 1.54) is 25.2 Å². The second kappa shape index (κ2) is 9.51. The van der Waals surface area contributed by atoms with Crippen LogP contribution in [0.1, 0.15) is 64.8 Å². The molecule has 142 valence electrons. The third-order valence-electron chi connectivity index (χ3n) is 4.82. The fourth-order valence-electron chi connectivity index (χ4n) is 3.27. The first-order valence-electron chi connectivity index (χ1n) is 9.40. The van der Waals surface area contributed by atoms with Crippen LogP contribution in [0.15, 0.2) is 42.7 Å². The van der Waals surface area contributed by atoms with Crippen LogP contribution in [-0.2, 0) is 6.54 Å². The fourth-order valence-corrected chi connectivity index (χ4v) is 3.39. The van der Waals surface area contributed by atoms with Crippen molar-refractivity contribution in [3.8, 4) is 0 Å². The normalized spacial score (nSPS) is 15.0. The Labute approximate surface area is 164 Å². The topological polar surface area (TPSA) is 71.1 Å². The monoisotopic (exact) mass is 385 g/mol. The number of hydrogen-bond acceptors (Lipinski definition) is 3. The average molecular weight is 386 g/mol. The maximum atomic E-state index is 12.5. The van der Waals surface area contributed by atoms with Crippen molar-refractivity contribution in [1.82, 2.24) is 15.6 Å². The molecule has 2 aromatic rings. The molecule has 2 amide bonds. The molecule has 1 aliphatic carbocycles. The van der Waals surface area contributed by atoms with Crippen LogP contribution >= 0.6 is 11.6 Å². The van der Waals surface area contributed by atoms with Crippen LogP contribution in [0.25, 0.3) is 0 Å². The van der Waals surface area contributed by atoms with Gasteiger partial charge in [-0.3, -0.25) is 14.6 Å². The van der Waals surface area contributed by atoms with Gasteiger partial charge in [-0.25, -0.2) is 0 Å². The molecule has 0 atom stereocenters. The van der Waals surface area contributed by atoms with Crippen molar-refractivity contribution < 1.29 is 9.59 Å². The number of nitrogens with zero attached hydrogens (tertiary/aromatic N) is 1. The van der Waals surface area contributed by atoms with Crippen LogP contribution in [0.3, 0.4) is 0 Å². The molecule has 0 saturated heterocycles. The molecule has 2 N–H and O–H groups in total. The first kappa shape index (κ1) is 19.4. The summed E-state index contributed by atoms with van der Waals surface area (Å²) in [6.45, 7) is 0.383. The Hall–Kier alpha value is -2.40. The van der Waals surface area contributed by atoms with Crippen LogP contribution in [0.2, 0.25) is 5.02 Å². The highest BCUT2D eigenvalue weighted by molar-refractivity contribution is 6.30. The maximum Gasteiger partial charge on any atom is 0.253 e. The van der Waals surface area contributed by atoms with E-state index in [0.29, 0.717) is 22.7 Å². The number of carbonyl (C=O) groups excluding carboxylic acids is 2. The molecule has 6 heteroatoms. The summed E-state index contributed by atoms with van der Waals surface area (Å²) < 4.78 is 0. The van der Waals surface area contributed by atoms with Crippen LogP contribution < -0.4 is 10.6 Å². The SMILES string of the molecule is O=C(NCc1ccc(Cl)cc1)c1cncc(C(=O)NC2CCCCCC2)c1. The molecule has 0 unspecified atom stereocenters. The van der Waals surface area contributed by atoms with E-state index < -0.39 is 0 Å². The minimum Gasteiger partial charge on any atom is -0.349 e. The lowest BCUT2D eigenvalue weighted by atomic mass is 10.1. The number of aromatic nitrogens is 1. The zero-order valence-corrected chi connectivity index (χ0v) is 16.0. The predicted molar refractivity (Wildman–Crippen MR) is 106 cm³/mol. The lowest BCUT2D eigenvalue weighted by Crippen LogP contribution is -2.34. The summed E-state index contributed by atoms with van der Waals surface area (Å²) in [7, 11) is 0. The molecule has 0 aliphatic heterocycles. The second-order valence-electron chi connectivity index (χ2n) is 6.93. The first-order chi connectivity index (χ1) is 13.1. The van der Waals surface area contributed by atoms with Crippen molar-refractivity contribution in [2.75, 3.05) is 0 Å². The Bertz CT molecular complexity index is 784. The van der Waals surface area contributed by atoms with E-state index in [2.05, 4.69) is 15.6 Å². The van der Waals surface area contributed by atoms with Crippen molar-refractivity contribution >= 4 is 23.4 Å². The summed E-state index contributed by atoms with van der Waals surface area (Å²) >= 11 is 5.86. The van der Waals surface area contributed by atoms with Crippen molar-refractivity contribution in [3.63, 3.8) is 0 Å². The van der Waals surface area contributed by atoms with Crippen LogP contribution in [0.4, 0.5) is 0 Å². The maximum absolute atomic E-state index is 12.5. The molecule has 27 heavy (non-hydrogen) atoms. The molecular formula is C21H24ClN3O2. The van der Waals surface area contributed by atoms with Gasteiger partial charge in [-0.1, -0.05) is 49.4 Å². The molecule has 3 rings (SSSR count). The number of halogens is 1. The number of nitrogens with one attached hydrogen (secondary N) is 2. The van der Waals surface area contributed by atoms with E-state index in [9.17, 15) is 9.59 Å². The summed E-state index contributed by atoms with van der Waals surface area (Å²) in [4.78, 5) is 29.0. The quantitative estimate of drug-likeness (QED) is 0.760. The summed E-state index contributed by atoms with van der Waals surface area (Å²) in [5.74, 6) is -0.427. The van der Waals surface area contributed by atoms with Gasteiger partial charge in [0.25, 0.3) is 11.8 Å². The summed E-state index contributed by atoms with van der Waals surface area (Å²) in [6.07, 6.45) is 9.77. The minimum absolute atomic E-state index is 0.165. The Kier molecular flexibility index (Phi) is 6.82. The first-order valence-corrected chi connectivity index (χ1v) is 9.78. The van der Waals surface area contributed by atoms with Gasteiger partial charge in [-0.15, -0.1) is 0 Å². The van der Waals surface area contributed by atoms with Gasteiger partial charge in [-0.2, -0.15) is 0 Å². The molecule has 1 heterocycles. The molecule has 1 aromatic heterocycles. The van der Waals surface area contributed by atoms with Gasteiger partial charge < -0.3 is 10.6 Å². The molecule has 1 aliphatic rings. The number of pyridine rings is 1. The van der Waals surface area contributed by atoms with Gasteiger partial charge in [0.05, 0.1) is 11.1 Å². The zero-order valence-electron chi connectivity index (χ0n) is 15.2. The van der Waals surface area contributed by atoms with E-state index in [1.54, 1.807) is 18.2 Å². The molecule has 5 nitrogen and oxygen atoms in total. The number of benzene rings is 1. The van der Waals surface area contributed by atoms with E-state index in [-0.39, 0.29) is 17.9 Å². The zero-order chi connectivity index (χ0) is 19.1. The number of hydrogen-bond donors (Lipinski definition) is 2. The van der Waals surface area contributed by atoms with Crippen LogP contribution in [-0.4, -0.2) is 22.8 Å². The van der Waals surface area contributed by atoms with Crippen molar-refractivity contribution in [2.45, 2.75) is 51.1 Å². The largest absolute Gasteiger partial charge is 0.349 e. The fraction of sp³-hybridized carbons (Fsp3) is 0.381. The standard InChI is InChI=1S/C21H24ClN3O2/c22-18-9-7-15(8-10-18)12-24-20(26)16-11-17(14-23-13-16)21(27)25-19-5-3-1-2-4-6-19/h7-11,13-14,19H,1-6,12H2,(H,24,26)(H,25,27). The van der Waals surface area contributed by atoms with Gasteiger partial charge in [0.2, 0.25) is 0 Å². The Morgan fingerprint density at radius 2 is 1.59 bits per heavy atom. The lowest BCUT2D eigenvalue weighted by Gasteiger charge is -2.16. The minimum atomic E-state index is -0.262. The molecular weight excluding hydrogens is 362 g/mol. The highest BCUT2D eigenvalue weighted by Gasteiger charge is 2.17. The average Bonchev–Trinajstić information content (AvgIpc) is 2.96. The molecule has 0 radical (unpaired) electrons. The van der Waals surface area contributed by atoms with Gasteiger partial charge >= 0.3 is 0 Å². The molecule has 1 fully saturated rings. The van der Waals surface area contributed by atoms with E-state index >= 15 is 0 Å². The van der Waals surface area contributed by atoms with Crippen molar-refractivity contribution in [3.05, 3.63) is 64.4 Å². The van der Waals surface area contributed by atoms with Crippen LogP contribution in [0, 0.1) is 0 Å². The summed E-state index contributed by atoms with van der Waals surface area (Å²) in [5, 5.41) is 6.57. The highest BCUT2D eigenvalue weighted by Crippen LogP contribution is 2.17. The highest BCUT2D eigenvalue weighted by atomic mass is 35.5. The second-order valence-corrected chi connectivity index (χ2v) is 7.37. The number of carbonyl (C=O) groups is 2. The van der Waals surface area contributed by atoms with Gasteiger partial charge in [-0.05, 0) is 36.6 Å². The Morgan fingerprint density at radius 3 is 2.26 bits per heavy atom. The molecule has 0 spiro atoms. The van der Waals surface area contributed by atoms with Gasteiger partial charge in [0.15, 0.2) is 0 Å². The van der Waals surface area contributed by atoms with E-state index in [0.717, 1.165) is 31.2 Å². The smallest absolute Gasteiger partial charge is 0.253 e. The van der Waals surface area contributed by atoms with Gasteiger partial charge in [0.1, 0.15) is 0 Å². The van der Waals surface area contributed by atoms with E-state index in [1.807, 2.05) is 12.1 Å². The van der Waals surface area contributed by atoms with E-state index in [4.69, 9.17) is 11.6 Å². The summed E-state index contributed by atoms with van der Waals surface area (Å²) in [5.41, 5.74) is 1.74. The Morgan fingerprint density at radius 1 is 0.963 bits per heavy atom. The van der Waals surface area contributed by atoms with Crippen molar-refractivity contribution in [2.24, 2.45) is 0 Å². The Balaban J connectivity index is 1.59.